The van der Waals surface area contributed by atoms with Gasteiger partial charge in [0.05, 0.1) is 13.1 Å². The van der Waals surface area contributed by atoms with Gasteiger partial charge < -0.3 is 25.3 Å². The highest BCUT2D eigenvalue weighted by Gasteiger charge is 2.22. The summed E-state index contributed by atoms with van der Waals surface area (Å²) in [7, 11) is 0. The molecule has 2 N–H and O–H groups in total. The minimum Gasteiger partial charge on any atom is -0.357 e. The largest absolute Gasteiger partial charge is 0.357 e. The minimum absolute atomic E-state index is 0.112. The van der Waals surface area contributed by atoms with Crippen LogP contribution >= 0.6 is 0 Å². The van der Waals surface area contributed by atoms with Crippen molar-refractivity contribution in [1.29, 1.82) is 0 Å². The molecule has 0 spiro atoms. The first kappa shape index (κ1) is 22.6. The number of hydrogen-bond donors (Lipinski definition) is 2. The monoisotopic (exact) mass is 449 g/mol. The molecule has 1 aromatic carbocycles. The molecule has 0 saturated carbocycles. The van der Waals surface area contributed by atoms with E-state index in [2.05, 4.69) is 32.3 Å². The van der Waals surface area contributed by atoms with Crippen LogP contribution in [0.5, 0.6) is 0 Å². The Morgan fingerprint density at radius 3 is 2.52 bits per heavy atom. The van der Waals surface area contributed by atoms with Crippen LogP contribution in [0.25, 0.3) is 0 Å². The van der Waals surface area contributed by atoms with E-state index >= 15 is 0 Å². The zero-order valence-electron chi connectivity index (χ0n) is 19.0. The van der Waals surface area contributed by atoms with E-state index < -0.39 is 0 Å². The quantitative estimate of drug-likeness (QED) is 0.521. The number of amides is 2. The van der Waals surface area contributed by atoms with Gasteiger partial charge in [-0.2, -0.15) is 0 Å². The Kier molecular flexibility index (Phi) is 7.39. The van der Waals surface area contributed by atoms with Crippen LogP contribution in [-0.4, -0.2) is 84.9 Å². The van der Waals surface area contributed by atoms with E-state index in [9.17, 15) is 9.59 Å². The van der Waals surface area contributed by atoms with Crippen LogP contribution in [0, 0.1) is 0 Å². The van der Waals surface area contributed by atoms with Crippen molar-refractivity contribution < 1.29 is 9.59 Å². The third-order valence-corrected chi connectivity index (χ3v) is 5.83. The van der Waals surface area contributed by atoms with Gasteiger partial charge in [-0.3, -0.25) is 9.59 Å². The summed E-state index contributed by atoms with van der Waals surface area (Å²) in [5, 5.41) is 6.14. The molecule has 0 atom stereocenters. The molecule has 2 aliphatic heterocycles. The smallest absolute Gasteiger partial charge is 0.254 e. The number of carbonyl (C=O) groups is 2. The summed E-state index contributed by atoms with van der Waals surface area (Å²) in [6.07, 6.45) is 1.83. The number of nitrogens with one attached hydrogen (secondary N) is 2. The molecule has 1 aromatic heterocycles. The number of aliphatic imine (C=N–C) groups is 1. The van der Waals surface area contributed by atoms with Crippen molar-refractivity contribution in [3.05, 3.63) is 59.8 Å². The molecule has 174 valence electrons. The van der Waals surface area contributed by atoms with Crippen molar-refractivity contribution in [2.24, 2.45) is 4.99 Å². The van der Waals surface area contributed by atoms with E-state index in [-0.39, 0.29) is 18.4 Å². The standard InChI is InChI=1S/C24H31N7O2/c1-2-25-24(30-15-13-29(14-16-30)21-5-3-4-10-26-21)28-17-19-6-8-20(9-7-19)23(33)31-12-11-27-22(32)18-31/h3-10H,2,11-18H2,1H3,(H,25,28)(H,27,32). The second kappa shape index (κ2) is 10.8. The molecule has 2 aliphatic rings. The van der Waals surface area contributed by atoms with Crippen LogP contribution in [0.1, 0.15) is 22.8 Å². The normalized spacial score (nSPS) is 17.1. The van der Waals surface area contributed by atoms with Gasteiger partial charge in [0, 0.05) is 57.6 Å². The molecule has 2 aromatic rings. The first-order chi connectivity index (χ1) is 16.1. The Morgan fingerprint density at radius 2 is 1.85 bits per heavy atom. The Morgan fingerprint density at radius 1 is 1.06 bits per heavy atom. The van der Waals surface area contributed by atoms with Crippen LogP contribution in [0.15, 0.2) is 53.7 Å². The molecule has 9 heteroatoms. The van der Waals surface area contributed by atoms with Crippen molar-refractivity contribution >= 4 is 23.6 Å². The first-order valence-corrected chi connectivity index (χ1v) is 11.5. The molecule has 2 amide bonds. The summed E-state index contributed by atoms with van der Waals surface area (Å²) < 4.78 is 0. The summed E-state index contributed by atoms with van der Waals surface area (Å²) in [4.78, 5) is 39.6. The van der Waals surface area contributed by atoms with Gasteiger partial charge in [0.2, 0.25) is 5.91 Å². The van der Waals surface area contributed by atoms with Crippen molar-refractivity contribution in [3.8, 4) is 0 Å². The van der Waals surface area contributed by atoms with Gasteiger partial charge in [0.1, 0.15) is 5.82 Å². The Bertz CT molecular complexity index is 970. The number of piperazine rings is 2. The van der Waals surface area contributed by atoms with Crippen molar-refractivity contribution in [3.63, 3.8) is 0 Å². The number of guanidine groups is 1. The molecule has 0 aliphatic carbocycles. The van der Waals surface area contributed by atoms with Crippen LogP contribution in [-0.2, 0) is 11.3 Å². The van der Waals surface area contributed by atoms with E-state index in [4.69, 9.17) is 4.99 Å². The second-order valence-electron chi connectivity index (χ2n) is 8.11. The van der Waals surface area contributed by atoms with Crippen molar-refractivity contribution in [2.75, 3.05) is 57.3 Å². The maximum atomic E-state index is 12.6. The number of benzene rings is 1. The fraction of sp³-hybridized carbons (Fsp3) is 0.417. The third-order valence-electron chi connectivity index (χ3n) is 5.83. The van der Waals surface area contributed by atoms with Crippen LogP contribution in [0.4, 0.5) is 5.82 Å². The summed E-state index contributed by atoms with van der Waals surface area (Å²) >= 11 is 0. The fourth-order valence-corrected chi connectivity index (χ4v) is 4.03. The molecule has 0 radical (unpaired) electrons. The Hall–Kier alpha value is -3.62. The number of hydrogen-bond acceptors (Lipinski definition) is 5. The average Bonchev–Trinajstić information content (AvgIpc) is 2.87. The van der Waals surface area contributed by atoms with Gasteiger partial charge in [-0.15, -0.1) is 0 Å². The van der Waals surface area contributed by atoms with E-state index in [1.807, 2.05) is 48.7 Å². The molecular formula is C24H31N7O2. The number of nitrogens with zero attached hydrogens (tertiary/aromatic N) is 5. The molecular weight excluding hydrogens is 418 g/mol. The Balaban J connectivity index is 1.35. The topological polar surface area (TPSA) is 93.2 Å². The van der Waals surface area contributed by atoms with Gasteiger partial charge >= 0.3 is 0 Å². The summed E-state index contributed by atoms with van der Waals surface area (Å²) in [5.74, 6) is 1.69. The van der Waals surface area contributed by atoms with Gasteiger partial charge in [-0.25, -0.2) is 9.98 Å². The van der Waals surface area contributed by atoms with E-state index in [1.165, 1.54) is 0 Å². The SMILES string of the molecule is CCNC(=NCc1ccc(C(=O)N2CCNC(=O)C2)cc1)N1CCN(c2ccccn2)CC1. The predicted octanol–water partition coefficient (Wildman–Crippen LogP) is 0.941. The fourth-order valence-electron chi connectivity index (χ4n) is 4.03. The highest BCUT2D eigenvalue weighted by Crippen LogP contribution is 2.14. The molecule has 9 nitrogen and oxygen atoms in total. The summed E-state index contributed by atoms with van der Waals surface area (Å²) in [6, 6.07) is 13.5. The highest BCUT2D eigenvalue weighted by atomic mass is 16.2. The summed E-state index contributed by atoms with van der Waals surface area (Å²) in [5.41, 5.74) is 1.63. The minimum atomic E-state index is -0.114. The predicted molar refractivity (Wildman–Crippen MR) is 128 cm³/mol. The maximum Gasteiger partial charge on any atom is 0.254 e. The van der Waals surface area contributed by atoms with Crippen LogP contribution in [0.2, 0.25) is 0 Å². The number of pyridine rings is 1. The molecule has 0 unspecified atom stereocenters. The zero-order chi connectivity index (χ0) is 23.0. The van der Waals surface area contributed by atoms with Gasteiger partial charge in [0.15, 0.2) is 5.96 Å². The first-order valence-electron chi connectivity index (χ1n) is 11.5. The molecule has 3 heterocycles. The van der Waals surface area contributed by atoms with E-state index in [0.29, 0.717) is 25.2 Å². The van der Waals surface area contributed by atoms with Crippen LogP contribution in [0.3, 0.4) is 0 Å². The Labute approximate surface area is 194 Å². The van der Waals surface area contributed by atoms with E-state index in [1.54, 1.807) is 4.90 Å². The van der Waals surface area contributed by atoms with Gasteiger partial charge in [-0.1, -0.05) is 18.2 Å². The van der Waals surface area contributed by atoms with Crippen molar-refractivity contribution in [1.82, 2.24) is 25.4 Å². The number of aromatic nitrogens is 1. The third kappa shape index (κ3) is 5.79. The average molecular weight is 450 g/mol. The zero-order valence-corrected chi connectivity index (χ0v) is 19.0. The number of rotatable bonds is 5. The lowest BCUT2D eigenvalue weighted by Crippen LogP contribution is -2.52. The van der Waals surface area contributed by atoms with Gasteiger partial charge in [0.25, 0.3) is 5.91 Å². The summed E-state index contributed by atoms with van der Waals surface area (Å²) in [6.45, 7) is 8.10. The van der Waals surface area contributed by atoms with Gasteiger partial charge in [-0.05, 0) is 36.8 Å². The van der Waals surface area contributed by atoms with Crippen molar-refractivity contribution in [2.45, 2.75) is 13.5 Å². The lowest BCUT2D eigenvalue weighted by molar-refractivity contribution is -0.123. The second-order valence-corrected chi connectivity index (χ2v) is 8.11. The lowest BCUT2D eigenvalue weighted by Gasteiger charge is -2.37. The van der Waals surface area contributed by atoms with E-state index in [0.717, 1.165) is 50.1 Å². The van der Waals surface area contributed by atoms with Crippen LogP contribution < -0.4 is 15.5 Å². The molecule has 33 heavy (non-hydrogen) atoms. The molecule has 2 saturated heterocycles. The lowest BCUT2D eigenvalue weighted by atomic mass is 10.1. The maximum absolute atomic E-state index is 12.6. The molecule has 4 rings (SSSR count). The highest BCUT2D eigenvalue weighted by molar-refractivity contribution is 5.97. The molecule has 2 fully saturated rings. The molecule has 0 bridgehead atoms. The number of carbonyl (C=O) groups excluding carboxylic acids is 2. The number of anilines is 1.